The number of allylic oxidation sites excluding steroid dienone is 2. The fraction of sp³-hybridized carbons (Fsp3) is 0.812. The molecule has 0 radical (unpaired) electrons. The Hall–Kier alpha value is -0.590. The zero-order valence-electron chi connectivity index (χ0n) is 12.0. The van der Waals surface area contributed by atoms with E-state index < -0.39 is 0 Å². The normalized spacial score (nSPS) is 11.5. The van der Waals surface area contributed by atoms with E-state index in [0.29, 0.717) is 12.2 Å². The number of unbranched alkanes of at least 4 members (excludes halogenated alkanes) is 6. The van der Waals surface area contributed by atoms with E-state index in [2.05, 4.69) is 19.1 Å². The van der Waals surface area contributed by atoms with Crippen LogP contribution in [-0.2, 0) is 4.79 Å². The molecule has 100 valence electrons. The zero-order valence-corrected chi connectivity index (χ0v) is 12.0. The Morgan fingerprint density at radius 2 is 1.53 bits per heavy atom. The number of hydrogen-bond donors (Lipinski definition) is 0. The van der Waals surface area contributed by atoms with Crippen LogP contribution < -0.4 is 0 Å². The van der Waals surface area contributed by atoms with Crippen molar-refractivity contribution in [3.8, 4) is 0 Å². The van der Waals surface area contributed by atoms with Crippen LogP contribution in [0.2, 0.25) is 0 Å². The first-order valence-electron chi connectivity index (χ1n) is 7.36. The molecule has 0 atom stereocenters. The standard InChI is InChI=1S/C16H30O/c1-4-5-6-7-8-9-10-11-12-13-14-16(17)15(2)3/h11-12,15H,4-10,13-14H2,1-3H3/b12-11-. The molecule has 0 N–H and O–H groups in total. The van der Waals surface area contributed by atoms with E-state index in [1.165, 1.54) is 44.9 Å². The molecule has 0 aromatic heterocycles. The first kappa shape index (κ1) is 16.4. The lowest BCUT2D eigenvalue weighted by Gasteiger charge is -2.00. The molecular formula is C16H30O. The summed E-state index contributed by atoms with van der Waals surface area (Å²) in [7, 11) is 0. The fourth-order valence-electron chi connectivity index (χ4n) is 1.79. The van der Waals surface area contributed by atoms with Crippen molar-refractivity contribution >= 4 is 5.78 Å². The molecular weight excluding hydrogens is 208 g/mol. The Kier molecular flexibility index (Phi) is 11.5. The SMILES string of the molecule is CCCCCCCC/C=C\CCC(=O)C(C)C. The summed E-state index contributed by atoms with van der Waals surface area (Å²) in [4.78, 5) is 11.3. The van der Waals surface area contributed by atoms with E-state index in [1.54, 1.807) is 0 Å². The maximum absolute atomic E-state index is 11.3. The van der Waals surface area contributed by atoms with Gasteiger partial charge in [0.25, 0.3) is 0 Å². The minimum atomic E-state index is 0.196. The predicted molar refractivity (Wildman–Crippen MR) is 76.2 cm³/mol. The maximum Gasteiger partial charge on any atom is 0.135 e. The molecule has 0 saturated heterocycles. The minimum Gasteiger partial charge on any atom is -0.299 e. The summed E-state index contributed by atoms with van der Waals surface area (Å²) in [5.74, 6) is 0.580. The number of carbonyl (C=O) groups is 1. The van der Waals surface area contributed by atoms with Crippen LogP contribution in [0.1, 0.15) is 78.6 Å². The lowest BCUT2D eigenvalue weighted by molar-refractivity contribution is -0.121. The van der Waals surface area contributed by atoms with Crippen molar-refractivity contribution in [3.05, 3.63) is 12.2 Å². The highest BCUT2D eigenvalue weighted by Gasteiger charge is 2.04. The van der Waals surface area contributed by atoms with Gasteiger partial charge in [-0.1, -0.05) is 65.0 Å². The van der Waals surface area contributed by atoms with Crippen molar-refractivity contribution in [2.75, 3.05) is 0 Å². The highest BCUT2D eigenvalue weighted by Crippen LogP contribution is 2.08. The average molecular weight is 238 g/mol. The van der Waals surface area contributed by atoms with Crippen LogP contribution >= 0.6 is 0 Å². The Balaban J connectivity index is 3.23. The summed E-state index contributed by atoms with van der Waals surface area (Å²) in [6.07, 6.45) is 15.4. The molecule has 0 amide bonds. The Labute approximate surface area is 108 Å². The van der Waals surface area contributed by atoms with Gasteiger partial charge in [0.05, 0.1) is 0 Å². The Bertz CT molecular complexity index is 204. The molecule has 0 saturated carbocycles. The van der Waals surface area contributed by atoms with E-state index in [1.807, 2.05) is 13.8 Å². The molecule has 1 heteroatoms. The zero-order chi connectivity index (χ0) is 12.9. The third kappa shape index (κ3) is 11.7. The fourth-order valence-corrected chi connectivity index (χ4v) is 1.79. The highest BCUT2D eigenvalue weighted by molar-refractivity contribution is 5.80. The molecule has 0 rings (SSSR count). The Morgan fingerprint density at radius 3 is 2.18 bits per heavy atom. The Morgan fingerprint density at radius 1 is 0.941 bits per heavy atom. The third-order valence-electron chi connectivity index (χ3n) is 3.09. The van der Waals surface area contributed by atoms with Crippen LogP contribution in [-0.4, -0.2) is 5.78 Å². The van der Waals surface area contributed by atoms with Crippen molar-refractivity contribution in [3.63, 3.8) is 0 Å². The van der Waals surface area contributed by atoms with Gasteiger partial charge in [0.15, 0.2) is 0 Å². The second-order valence-electron chi connectivity index (χ2n) is 5.19. The van der Waals surface area contributed by atoms with E-state index in [4.69, 9.17) is 0 Å². The van der Waals surface area contributed by atoms with E-state index in [0.717, 1.165) is 6.42 Å². The summed E-state index contributed by atoms with van der Waals surface area (Å²) in [5, 5.41) is 0. The first-order valence-corrected chi connectivity index (χ1v) is 7.36. The number of carbonyl (C=O) groups excluding carboxylic acids is 1. The molecule has 0 aromatic carbocycles. The van der Waals surface area contributed by atoms with Crippen LogP contribution in [0.3, 0.4) is 0 Å². The molecule has 0 aliphatic rings. The molecule has 0 aliphatic heterocycles. The van der Waals surface area contributed by atoms with Crippen molar-refractivity contribution in [1.29, 1.82) is 0 Å². The first-order chi connectivity index (χ1) is 8.18. The average Bonchev–Trinajstić information content (AvgIpc) is 2.31. The summed E-state index contributed by atoms with van der Waals surface area (Å²) in [5.41, 5.74) is 0. The van der Waals surface area contributed by atoms with Gasteiger partial charge < -0.3 is 0 Å². The lowest BCUT2D eigenvalue weighted by Crippen LogP contribution is -2.05. The van der Waals surface area contributed by atoms with Gasteiger partial charge in [0.1, 0.15) is 5.78 Å². The summed E-state index contributed by atoms with van der Waals surface area (Å²) in [6.45, 7) is 6.20. The van der Waals surface area contributed by atoms with Gasteiger partial charge in [0, 0.05) is 12.3 Å². The second-order valence-corrected chi connectivity index (χ2v) is 5.19. The van der Waals surface area contributed by atoms with Gasteiger partial charge in [-0.05, 0) is 19.3 Å². The minimum absolute atomic E-state index is 0.196. The van der Waals surface area contributed by atoms with Gasteiger partial charge in [-0.15, -0.1) is 0 Å². The molecule has 0 spiro atoms. The van der Waals surface area contributed by atoms with Crippen molar-refractivity contribution in [2.45, 2.75) is 78.6 Å². The van der Waals surface area contributed by atoms with Crippen LogP contribution in [0.4, 0.5) is 0 Å². The molecule has 0 unspecified atom stereocenters. The number of hydrogen-bond acceptors (Lipinski definition) is 1. The van der Waals surface area contributed by atoms with Gasteiger partial charge in [-0.2, -0.15) is 0 Å². The van der Waals surface area contributed by atoms with E-state index in [-0.39, 0.29) is 5.92 Å². The third-order valence-corrected chi connectivity index (χ3v) is 3.09. The van der Waals surface area contributed by atoms with Crippen LogP contribution in [0.15, 0.2) is 12.2 Å². The van der Waals surface area contributed by atoms with Gasteiger partial charge in [-0.25, -0.2) is 0 Å². The molecule has 0 aliphatic carbocycles. The van der Waals surface area contributed by atoms with Gasteiger partial charge >= 0.3 is 0 Å². The van der Waals surface area contributed by atoms with Crippen LogP contribution in [0, 0.1) is 5.92 Å². The number of ketones is 1. The van der Waals surface area contributed by atoms with Crippen molar-refractivity contribution in [1.82, 2.24) is 0 Å². The monoisotopic (exact) mass is 238 g/mol. The van der Waals surface area contributed by atoms with Crippen molar-refractivity contribution < 1.29 is 4.79 Å². The molecule has 1 nitrogen and oxygen atoms in total. The lowest BCUT2D eigenvalue weighted by atomic mass is 10.0. The summed E-state index contributed by atoms with van der Waals surface area (Å²) >= 11 is 0. The second kappa shape index (κ2) is 11.9. The van der Waals surface area contributed by atoms with Crippen LogP contribution in [0.5, 0.6) is 0 Å². The predicted octanol–water partition coefficient (Wildman–Crippen LogP) is 5.30. The molecule has 0 bridgehead atoms. The maximum atomic E-state index is 11.3. The summed E-state index contributed by atoms with van der Waals surface area (Å²) < 4.78 is 0. The van der Waals surface area contributed by atoms with E-state index >= 15 is 0 Å². The number of Topliss-reactive ketones (excluding diaryl/α,β-unsaturated/α-hetero) is 1. The van der Waals surface area contributed by atoms with Crippen molar-refractivity contribution in [2.24, 2.45) is 5.92 Å². The molecule has 0 fully saturated rings. The highest BCUT2D eigenvalue weighted by atomic mass is 16.1. The molecule has 0 aromatic rings. The molecule has 0 heterocycles. The smallest absolute Gasteiger partial charge is 0.135 e. The summed E-state index contributed by atoms with van der Waals surface area (Å²) in [6, 6.07) is 0. The number of rotatable bonds is 11. The van der Waals surface area contributed by atoms with Gasteiger partial charge in [-0.3, -0.25) is 4.79 Å². The topological polar surface area (TPSA) is 17.1 Å². The van der Waals surface area contributed by atoms with Crippen LogP contribution in [0.25, 0.3) is 0 Å². The quantitative estimate of drug-likeness (QED) is 0.353. The molecule has 17 heavy (non-hydrogen) atoms. The van der Waals surface area contributed by atoms with Gasteiger partial charge in [0.2, 0.25) is 0 Å². The largest absolute Gasteiger partial charge is 0.299 e. The van der Waals surface area contributed by atoms with E-state index in [9.17, 15) is 4.79 Å².